The number of nitrogens with two attached hydrogens (primary N) is 1. The van der Waals surface area contributed by atoms with Crippen molar-refractivity contribution in [3.63, 3.8) is 0 Å². The molecule has 5 nitrogen and oxygen atoms in total. The van der Waals surface area contributed by atoms with Crippen molar-refractivity contribution < 1.29 is 4.74 Å². The van der Waals surface area contributed by atoms with E-state index in [1.165, 1.54) is 12.8 Å². The lowest BCUT2D eigenvalue weighted by molar-refractivity contribution is 0.0449. The van der Waals surface area contributed by atoms with E-state index >= 15 is 0 Å². The van der Waals surface area contributed by atoms with Crippen LogP contribution in [0.1, 0.15) is 49.4 Å². The fourth-order valence-electron chi connectivity index (χ4n) is 2.04. The normalized spacial score (nSPS) is 31.0. The zero-order valence-corrected chi connectivity index (χ0v) is 8.65. The van der Waals surface area contributed by atoms with Crippen LogP contribution in [-0.2, 0) is 4.74 Å². The number of nitrogens with zero attached hydrogens (tertiary/aromatic N) is 2. The molecule has 0 bridgehead atoms. The van der Waals surface area contributed by atoms with E-state index in [0.717, 1.165) is 24.5 Å². The summed E-state index contributed by atoms with van der Waals surface area (Å²) in [6.45, 7) is 0.597. The molecule has 1 aliphatic heterocycles. The number of nitrogens with one attached hydrogen (secondary N) is 1. The van der Waals surface area contributed by atoms with Crippen LogP contribution in [0.4, 0.5) is 0 Å². The molecule has 1 saturated carbocycles. The standard InChI is InChI=1S/C10H16N4O/c11-5-7-3-4-8(15-7)10-12-9(13-14-10)6-1-2-6/h6-8H,1-5,11H2,(H,12,13,14)/t7-,8+/m0/s1. The van der Waals surface area contributed by atoms with Gasteiger partial charge in [-0.15, -0.1) is 0 Å². The van der Waals surface area contributed by atoms with Gasteiger partial charge in [0.05, 0.1) is 6.10 Å². The Morgan fingerprint density at radius 3 is 2.87 bits per heavy atom. The first-order chi connectivity index (χ1) is 7.36. The third-order valence-electron chi connectivity index (χ3n) is 3.14. The van der Waals surface area contributed by atoms with E-state index in [1.807, 2.05) is 0 Å². The lowest BCUT2D eigenvalue weighted by Crippen LogP contribution is -2.19. The lowest BCUT2D eigenvalue weighted by atomic mass is 10.2. The Bertz CT molecular complexity index is 347. The molecule has 1 aromatic rings. The molecule has 0 aromatic carbocycles. The molecule has 15 heavy (non-hydrogen) atoms. The molecule has 5 heteroatoms. The second-order valence-corrected chi connectivity index (χ2v) is 4.41. The molecule has 2 fully saturated rings. The first kappa shape index (κ1) is 9.30. The van der Waals surface area contributed by atoms with E-state index in [2.05, 4.69) is 15.2 Å². The number of H-pyrrole nitrogens is 1. The summed E-state index contributed by atoms with van der Waals surface area (Å²) >= 11 is 0. The van der Waals surface area contributed by atoms with Crippen molar-refractivity contribution in [1.29, 1.82) is 0 Å². The van der Waals surface area contributed by atoms with Crippen molar-refractivity contribution in [2.45, 2.75) is 43.8 Å². The van der Waals surface area contributed by atoms with Crippen LogP contribution in [0.5, 0.6) is 0 Å². The molecule has 0 spiro atoms. The Hall–Kier alpha value is -0.940. The van der Waals surface area contributed by atoms with E-state index in [4.69, 9.17) is 10.5 Å². The van der Waals surface area contributed by atoms with E-state index in [-0.39, 0.29) is 12.2 Å². The molecule has 0 amide bonds. The van der Waals surface area contributed by atoms with Crippen LogP contribution in [0, 0.1) is 0 Å². The first-order valence-corrected chi connectivity index (χ1v) is 5.64. The van der Waals surface area contributed by atoms with Crippen LogP contribution < -0.4 is 5.73 Å². The maximum absolute atomic E-state index is 5.75. The first-order valence-electron chi connectivity index (χ1n) is 5.64. The minimum absolute atomic E-state index is 0.0820. The van der Waals surface area contributed by atoms with Gasteiger partial charge in [0.1, 0.15) is 6.10 Å². The molecule has 3 N–H and O–H groups in total. The van der Waals surface area contributed by atoms with Gasteiger partial charge in [-0.3, -0.25) is 5.10 Å². The predicted octanol–water partition coefficient (Wildman–Crippen LogP) is 0.861. The summed E-state index contributed by atoms with van der Waals surface area (Å²) in [4.78, 5) is 4.49. The highest BCUT2D eigenvalue weighted by Crippen LogP contribution is 2.39. The zero-order chi connectivity index (χ0) is 10.3. The highest BCUT2D eigenvalue weighted by Gasteiger charge is 2.31. The Labute approximate surface area is 88.4 Å². The minimum atomic E-state index is 0.0820. The molecule has 3 rings (SSSR count). The molecular weight excluding hydrogens is 192 g/mol. The molecule has 1 aromatic heterocycles. The van der Waals surface area contributed by atoms with Gasteiger partial charge in [-0.25, -0.2) is 4.98 Å². The molecule has 2 aliphatic rings. The Balaban J connectivity index is 1.70. The highest BCUT2D eigenvalue weighted by molar-refractivity contribution is 5.06. The van der Waals surface area contributed by atoms with Crippen molar-refractivity contribution in [2.24, 2.45) is 5.73 Å². The molecular formula is C10H16N4O. The molecule has 0 radical (unpaired) electrons. The van der Waals surface area contributed by atoms with Crippen molar-refractivity contribution in [3.8, 4) is 0 Å². The Kier molecular flexibility index (Phi) is 2.21. The van der Waals surface area contributed by atoms with Crippen LogP contribution in [0.15, 0.2) is 0 Å². The number of ether oxygens (including phenoxy) is 1. The third-order valence-corrected chi connectivity index (χ3v) is 3.14. The van der Waals surface area contributed by atoms with Crippen LogP contribution >= 0.6 is 0 Å². The van der Waals surface area contributed by atoms with E-state index in [0.29, 0.717) is 12.5 Å². The van der Waals surface area contributed by atoms with Gasteiger partial charge in [0.15, 0.2) is 11.6 Å². The van der Waals surface area contributed by atoms with E-state index in [9.17, 15) is 0 Å². The van der Waals surface area contributed by atoms with Crippen LogP contribution in [0.2, 0.25) is 0 Å². The second kappa shape index (κ2) is 3.57. The minimum Gasteiger partial charge on any atom is -0.366 e. The summed E-state index contributed by atoms with van der Waals surface area (Å²) < 4.78 is 5.75. The lowest BCUT2D eigenvalue weighted by Gasteiger charge is -2.08. The van der Waals surface area contributed by atoms with Crippen molar-refractivity contribution in [3.05, 3.63) is 11.6 Å². The monoisotopic (exact) mass is 208 g/mol. The average molecular weight is 208 g/mol. The SMILES string of the molecule is NC[C@@H]1CC[C@H](c2nc(C3CC3)n[nH]2)O1. The van der Waals surface area contributed by atoms with E-state index < -0.39 is 0 Å². The van der Waals surface area contributed by atoms with Gasteiger partial charge < -0.3 is 10.5 Å². The van der Waals surface area contributed by atoms with Gasteiger partial charge >= 0.3 is 0 Å². The smallest absolute Gasteiger partial charge is 0.153 e. The zero-order valence-electron chi connectivity index (χ0n) is 8.65. The topological polar surface area (TPSA) is 76.8 Å². The van der Waals surface area contributed by atoms with E-state index in [1.54, 1.807) is 0 Å². The van der Waals surface area contributed by atoms with Crippen molar-refractivity contribution in [1.82, 2.24) is 15.2 Å². The Morgan fingerprint density at radius 2 is 2.20 bits per heavy atom. The molecule has 0 unspecified atom stereocenters. The van der Waals surface area contributed by atoms with Gasteiger partial charge in [0, 0.05) is 12.5 Å². The summed E-state index contributed by atoms with van der Waals surface area (Å²) in [5, 5.41) is 7.21. The molecule has 2 atom stereocenters. The summed E-state index contributed by atoms with van der Waals surface area (Å²) in [6.07, 6.45) is 4.77. The van der Waals surface area contributed by atoms with Gasteiger partial charge in [0.2, 0.25) is 0 Å². The maximum atomic E-state index is 5.75. The quantitative estimate of drug-likeness (QED) is 0.772. The Morgan fingerprint density at radius 1 is 1.33 bits per heavy atom. The van der Waals surface area contributed by atoms with Gasteiger partial charge in [-0.2, -0.15) is 5.10 Å². The molecule has 1 aliphatic carbocycles. The summed E-state index contributed by atoms with van der Waals surface area (Å²) in [5.41, 5.74) is 5.57. The fourth-order valence-corrected chi connectivity index (χ4v) is 2.04. The summed E-state index contributed by atoms with van der Waals surface area (Å²) in [5.74, 6) is 2.44. The number of aromatic amines is 1. The van der Waals surface area contributed by atoms with Gasteiger partial charge in [-0.05, 0) is 25.7 Å². The van der Waals surface area contributed by atoms with Gasteiger partial charge in [0.25, 0.3) is 0 Å². The number of hydrogen-bond acceptors (Lipinski definition) is 4. The largest absolute Gasteiger partial charge is 0.366 e. The number of aromatic nitrogens is 3. The molecule has 82 valence electrons. The predicted molar refractivity (Wildman–Crippen MR) is 54.3 cm³/mol. The molecule has 1 saturated heterocycles. The maximum Gasteiger partial charge on any atom is 0.153 e. The molecule has 2 heterocycles. The van der Waals surface area contributed by atoms with Crippen LogP contribution in [0.3, 0.4) is 0 Å². The van der Waals surface area contributed by atoms with Crippen LogP contribution in [-0.4, -0.2) is 27.8 Å². The summed E-state index contributed by atoms with van der Waals surface area (Å²) in [6, 6.07) is 0. The van der Waals surface area contributed by atoms with Crippen molar-refractivity contribution in [2.75, 3.05) is 6.54 Å². The number of hydrogen-bond donors (Lipinski definition) is 2. The second-order valence-electron chi connectivity index (χ2n) is 4.41. The highest BCUT2D eigenvalue weighted by atomic mass is 16.5. The van der Waals surface area contributed by atoms with Crippen molar-refractivity contribution >= 4 is 0 Å². The third kappa shape index (κ3) is 1.77. The van der Waals surface area contributed by atoms with Gasteiger partial charge in [-0.1, -0.05) is 0 Å². The average Bonchev–Trinajstić information content (AvgIpc) is 2.84. The summed E-state index contributed by atoms with van der Waals surface area (Å²) in [7, 11) is 0. The number of rotatable bonds is 3. The van der Waals surface area contributed by atoms with Crippen LogP contribution in [0.25, 0.3) is 0 Å². The fraction of sp³-hybridized carbons (Fsp3) is 0.800.